The Bertz CT molecular complexity index is 1460. The van der Waals surface area contributed by atoms with E-state index >= 15 is 0 Å². The number of ether oxygens (including phenoxy) is 4. The number of hydrogen-bond acceptors (Lipinski definition) is 13. The Labute approximate surface area is 461 Å². The van der Waals surface area contributed by atoms with E-state index in [0.717, 1.165) is 51.4 Å². The van der Waals surface area contributed by atoms with Crippen LogP contribution in [0.25, 0.3) is 0 Å². The van der Waals surface area contributed by atoms with Gasteiger partial charge in [0.25, 0.3) is 0 Å². The van der Waals surface area contributed by atoms with Crippen LogP contribution in [-0.2, 0) is 23.7 Å². The minimum absolute atomic E-state index is 0.257. The van der Waals surface area contributed by atoms with Crippen LogP contribution >= 0.6 is 0 Å². The smallest absolute Gasteiger partial charge is 0.220 e. The zero-order valence-corrected chi connectivity index (χ0v) is 47.7. The zero-order chi connectivity index (χ0) is 55.3. The number of allylic oxidation sites excluding steroid dienone is 7. The number of unbranched alkanes of at least 4 members (excludes halogenated alkanes) is 30. The van der Waals surface area contributed by atoms with Gasteiger partial charge in [-0.2, -0.15) is 0 Å². The van der Waals surface area contributed by atoms with Crippen molar-refractivity contribution >= 4 is 5.91 Å². The predicted octanol–water partition coefficient (Wildman–Crippen LogP) is 10.8. The molecule has 1 amide bonds. The van der Waals surface area contributed by atoms with Crippen LogP contribution < -0.4 is 5.32 Å². The quantitative estimate of drug-likeness (QED) is 0.0204. The minimum Gasteiger partial charge on any atom is -0.394 e. The van der Waals surface area contributed by atoms with E-state index in [9.17, 15) is 45.6 Å². The second-order valence-corrected chi connectivity index (χ2v) is 21.8. The van der Waals surface area contributed by atoms with Gasteiger partial charge in [-0.25, -0.2) is 0 Å². The summed E-state index contributed by atoms with van der Waals surface area (Å²) in [5.74, 6) is -0.257. The summed E-state index contributed by atoms with van der Waals surface area (Å²) in [4.78, 5) is 13.2. The molecule has 14 heteroatoms. The number of aliphatic hydroxyl groups excluding tert-OH is 8. The Morgan fingerprint density at radius 3 is 1.29 bits per heavy atom. The summed E-state index contributed by atoms with van der Waals surface area (Å²) in [6.45, 7) is 2.78. The van der Waals surface area contributed by atoms with Gasteiger partial charge in [0.15, 0.2) is 12.6 Å². The molecule has 76 heavy (non-hydrogen) atoms. The second kappa shape index (κ2) is 47.7. The number of aliphatic hydroxyl groups is 8. The third-order valence-electron chi connectivity index (χ3n) is 15.0. The molecular formula is C62H113NO13. The number of carbonyl (C=O) groups is 1. The largest absolute Gasteiger partial charge is 0.394 e. The number of carbonyl (C=O) groups excluding carboxylic acids is 1. The first-order valence-corrected chi connectivity index (χ1v) is 30.9. The van der Waals surface area contributed by atoms with E-state index in [0.29, 0.717) is 12.8 Å². The standard InChI is InChI=1S/C62H113NO13/c1-3-5-7-9-11-13-15-17-19-21-22-23-24-25-26-27-28-30-31-33-35-37-39-41-43-45-51(66)50(63-54(67)46-44-42-40-38-36-34-32-29-20-18-16-14-12-10-8-6-4-2)49-73-61-59(72)57(70)60(53(48-65)75-61)76-62-58(71)56(69)55(68)52(47-64)74-62/h18,20,28,30,35,37,43,45,50-53,55-62,64-66,68-72H,3-17,19,21-27,29,31-34,36,38-42,44,46-49H2,1-2H3,(H,63,67)/b20-18-,30-28+,37-35+,45-43+. The summed E-state index contributed by atoms with van der Waals surface area (Å²) in [6.07, 6.45) is 43.0. The van der Waals surface area contributed by atoms with E-state index in [2.05, 4.69) is 55.6 Å². The first-order valence-electron chi connectivity index (χ1n) is 30.9. The van der Waals surface area contributed by atoms with Crippen molar-refractivity contribution in [1.29, 1.82) is 0 Å². The van der Waals surface area contributed by atoms with Crippen LogP contribution in [0.15, 0.2) is 48.6 Å². The van der Waals surface area contributed by atoms with Gasteiger partial charge in [0, 0.05) is 6.42 Å². The first kappa shape index (κ1) is 70.1. The Morgan fingerprint density at radius 2 is 0.842 bits per heavy atom. The molecule has 0 aliphatic carbocycles. The van der Waals surface area contributed by atoms with Crippen molar-refractivity contribution in [2.75, 3.05) is 19.8 Å². The van der Waals surface area contributed by atoms with Crippen molar-refractivity contribution in [3.05, 3.63) is 48.6 Å². The Morgan fingerprint density at radius 1 is 0.461 bits per heavy atom. The van der Waals surface area contributed by atoms with Gasteiger partial charge in [0.05, 0.1) is 32.0 Å². The van der Waals surface area contributed by atoms with Gasteiger partial charge in [-0.3, -0.25) is 4.79 Å². The van der Waals surface area contributed by atoms with Gasteiger partial charge in [-0.05, 0) is 70.6 Å². The summed E-state index contributed by atoms with van der Waals surface area (Å²) < 4.78 is 22.8. The molecule has 2 rings (SSSR count). The van der Waals surface area contributed by atoms with Gasteiger partial charge in [0.2, 0.25) is 5.91 Å². The molecule has 0 aromatic carbocycles. The van der Waals surface area contributed by atoms with E-state index in [1.165, 1.54) is 161 Å². The molecule has 0 aromatic rings. The molecule has 444 valence electrons. The fraction of sp³-hybridized carbons (Fsp3) is 0.855. The topological polar surface area (TPSA) is 228 Å². The average Bonchev–Trinajstić information content (AvgIpc) is 3.42. The third-order valence-corrected chi connectivity index (χ3v) is 15.0. The molecule has 0 aromatic heterocycles. The maximum atomic E-state index is 13.2. The molecule has 2 aliphatic rings. The molecule has 12 unspecified atom stereocenters. The average molecular weight is 1080 g/mol. The minimum atomic E-state index is -1.79. The van der Waals surface area contributed by atoms with E-state index in [4.69, 9.17) is 18.9 Å². The highest BCUT2D eigenvalue weighted by atomic mass is 16.7. The highest BCUT2D eigenvalue weighted by Crippen LogP contribution is 2.30. The van der Waals surface area contributed by atoms with Crippen molar-refractivity contribution in [3.63, 3.8) is 0 Å². The van der Waals surface area contributed by atoms with Crippen LogP contribution in [0.1, 0.15) is 245 Å². The normalized spacial score (nSPS) is 25.2. The molecule has 0 saturated carbocycles. The van der Waals surface area contributed by atoms with Crippen molar-refractivity contribution in [1.82, 2.24) is 5.32 Å². The molecule has 12 atom stereocenters. The molecule has 2 heterocycles. The lowest BCUT2D eigenvalue weighted by atomic mass is 9.97. The molecular weight excluding hydrogens is 967 g/mol. The molecule has 0 radical (unpaired) electrons. The zero-order valence-electron chi connectivity index (χ0n) is 47.7. The lowest BCUT2D eigenvalue weighted by Gasteiger charge is -2.46. The fourth-order valence-electron chi connectivity index (χ4n) is 9.97. The number of rotatable bonds is 49. The maximum Gasteiger partial charge on any atom is 0.220 e. The lowest BCUT2D eigenvalue weighted by Crippen LogP contribution is -2.65. The molecule has 14 nitrogen and oxygen atoms in total. The Hall–Kier alpha value is -2.05. The van der Waals surface area contributed by atoms with E-state index in [-0.39, 0.29) is 18.9 Å². The summed E-state index contributed by atoms with van der Waals surface area (Å²) in [6, 6.07) is -0.941. The summed E-state index contributed by atoms with van der Waals surface area (Å²) in [5, 5.41) is 87.1. The highest BCUT2D eigenvalue weighted by Gasteiger charge is 2.51. The van der Waals surface area contributed by atoms with Gasteiger partial charge in [-0.15, -0.1) is 0 Å². The van der Waals surface area contributed by atoms with Crippen LogP contribution in [-0.4, -0.2) is 140 Å². The van der Waals surface area contributed by atoms with E-state index in [1.807, 2.05) is 6.08 Å². The highest BCUT2D eigenvalue weighted by molar-refractivity contribution is 5.76. The fourth-order valence-corrected chi connectivity index (χ4v) is 9.97. The van der Waals surface area contributed by atoms with E-state index < -0.39 is 86.8 Å². The van der Waals surface area contributed by atoms with Gasteiger partial charge in [-0.1, -0.05) is 217 Å². The third kappa shape index (κ3) is 32.9. The SMILES string of the molecule is CCCCCCCC/C=C\CCCCCCCCCC(=O)NC(COC1OC(CO)C(OC2OC(CO)C(O)C(O)C2O)C(O)C1O)C(O)/C=C/CC/C=C/CC/C=C/CCCCCCCCCCCCCCCCC. The van der Waals surface area contributed by atoms with E-state index in [1.54, 1.807) is 6.08 Å². The number of nitrogens with one attached hydrogen (secondary N) is 1. The number of hydrogen-bond donors (Lipinski definition) is 9. The van der Waals surface area contributed by atoms with Crippen molar-refractivity contribution < 1.29 is 64.6 Å². The van der Waals surface area contributed by atoms with Gasteiger partial charge < -0.3 is 65.1 Å². The maximum absolute atomic E-state index is 13.2. The predicted molar refractivity (Wildman–Crippen MR) is 304 cm³/mol. The van der Waals surface area contributed by atoms with Crippen molar-refractivity contribution in [2.24, 2.45) is 0 Å². The summed E-state index contributed by atoms with van der Waals surface area (Å²) >= 11 is 0. The van der Waals surface area contributed by atoms with Crippen LogP contribution in [0, 0.1) is 0 Å². The molecule has 9 N–H and O–H groups in total. The monoisotopic (exact) mass is 1080 g/mol. The van der Waals surface area contributed by atoms with Crippen LogP contribution in [0.2, 0.25) is 0 Å². The molecule has 2 aliphatic heterocycles. The molecule has 2 saturated heterocycles. The van der Waals surface area contributed by atoms with Crippen molar-refractivity contribution in [2.45, 2.75) is 319 Å². The van der Waals surface area contributed by atoms with Gasteiger partial charge >= 0.3 is 0 Å². The molecule has 2 fully saturated rings. The van der Waals surface area contributed by atoms with Crippen LogP contribution in [0.5, 0.6) is 0 Å². The van der Waals surface area contributed by atoms with Crippen molar-refractivity contribution in [3.8, 4) is 0 Å². The number of amides is 1. The molecule has 0 bridgehead atoms. The molecule has 0 spiro atoms. The lowest BCUT2D eigenvalue weighted by molar-refractivity contribution is -0.359. The Kier molecular flexibility index (Phi) is 44.0. The summed E-state index contributed by atoms with van der Waals surface area (Å²) in [7, 11) is 0. The Balaban J connectivity index is 1.78. The van der Waals surface area contributed by atoms with Crippen LogP contribution in [0.4, 0.5) is 0 Å². The van der Waals surface area contributed by atoms with Gasteiger partial charge in [0.1, 0.15) is 48.8 Å². The second-order valence-electron chi connectivity index (χ2n) is 21.8. The summed E-state index contributed by atoms with van der Waals surface area (Å²) in [5.41, 5.74) is 0. The first-order chi connectivity index (χ1) is 37.1. The van der Waals surface area contributed by atoms with Crippen LogP contribution in [0.3, 0.4) is 0 Å².